The molecule has 0 amide bonds. The molecule has 0 saturated carbocycles. The van der Waals surface area contributed by atoms with Crippen LogP contribution < -0.4 is 0 Å². The fourth-order valence-corrected chi connectivity index (χ4v) is 2.82. The Morgan fingerprint density at radius 1 is 1.35 bits per heavy atom. The van der Waals surface area contributed by atoms with E-state index in [4.69, 9.17) is 4.74 Å². The van der Waals surface area contributed by atoms with E-state index in [2.05, 4.69) is 43.0 Å². The van der Waals surface area contributed by atoms with Crippen LogP contribution in [-0.4, -0.2) is 29.6 Å². The Labute approximate surface area is 121 Å². The number of hydrogen-bond acceptors (Lipinski definition) is 3. The van der Waals surface area contributed by atoms with E-state index >= 15 is 0 Å². The van der Waals surface area contributed by atoms with Crippen molar-refractivity contribution in [1.82, 2.24) is 4.90 Å². The fraction of sp³-hybridized carbons (Fsp3) is 0.588. The van der Waals surface area contributed by atoms with Crippen LogP contribution in [0.2, 0.25) is 0 Å². The minimum absolute atomic E-state index is 0.0201. The van der Waals surface area contributed by atoms with E-state index in [0.29, 0.717) is 6.61 Å². The van der Waals surface area contributed by atoms with Gasteiger partial charge >= 0.3 is 5.97 Å². The molecule has 0 unspecified atom stereocenters. The number of nitrogens with zero attached hydrogens (tertiary/aromatic N) is 1. The number of esters is 1. The average Bonchev–Trinajstić information content (AvgIpc) is 2.42. The van der Waals surface area contributed by atoms with Crippen LogP contribution in [0.15, 0.2) is 30.3 Å². The van der Waals surface area contributed by atoms with Crippen LogP contribution in [0, 0.1) is 5.92 Å². The zero-order valence-electron chi connectivity index (χ0n) is 12.8. The molecule has 1 fully saturated rings. The first-order valence-corrected chi connectivity index (χ1v) is 7.48. The quantitative estimate of drug-likeness (QED) is 0.790. The first kappa shape index (κ1) is 15.0. The Morgan fingerprint density at radius 2 is 2.05 bits per heavy atom. The Balaban J connectivity index is 2.05. The molecule has 0 N–H and O–H groups in total. The average molecular weight is 275 g/mol. The van der Waals surface area contributed by atoms with Crippen LogP contribution in [0.4, 0.5) is 0 Å². The van der Waals surface area contributed by atoms with Crippen molar-refractivity contribution in [3.05, 3.63) is 35.9 Å². The molecule has 0 aromatic heterocycles. The molecule has 3 nitrogen and oxygen atoms in total. The van der Waals surface area contributed by atoms with Crippen molar-refractivity contribution in [2.24, 2.45) is 5.92 Å². The Hall–Kier alpha value is -1.35. The summed E-state index contributed by atoms with van der Waals surface area (Å²) >= 11 is 0. The lowest BCUT2D eigenvalue weighted by atomic mass is 9.84. The van der Waals surface area contributed by atoms with Crippen LogP contribution in [0.3, 0.4) is 0 Å². The van der Waals surface area contributed by atoms with Crippen LogP contribution >= 0.6 is 0 Å². The standard InChI is InChI=1S/C17H25NO2/c1-4-20-16(19)15-10-11-17(2,3)18(13-15)12-14-8-6-5-7-9-14/h5-9,15H,4,10-13H2,1-3H3/t15-/m0/s1. The molecule has 0 aliphatic carbocycles. The van der Waals surface area contributed by atoms with E-state index in [1.54, 1.807) is 0 Å². The fourth-order valence-electron chi connectivity index (χ4n) is 2.82. The predicted octanol–water partition coefficient (Wildman–Crippen LogP) is 3.24. The minimum Gasteiger partial charge on any atom is -0.466 e. The van der Waals surface area contributed by atoms with E-state index in [9.17, 15) is 4.79 Å². The van der Waals surface area contributed by atoms with Gasteiger partial charge in [0.2, 0.25) is 0 Å². The van der Waals surface area contributed by atoms with Gasteiger partial charge in [0.05, 0.1) is 12.5 Å². The smallest absolute Gasteiger partial charge is 0.310 e. The minimum atomic E-state index is -0.0407. The molecule has 1 aliphatic rings. The third-order valence-corrected chi connectivity index (χ3v) is 4.24. The zero-order valence-corrected chi connectivity index (χ0v) is 12.8. The summed E-state index contributed by atoms with van der Waals surface area (Å²) in [6, 6.07) is 10.4. The van der Waals surface area contributed by atoms with Crippen LogP contribution in [0.1, 0.15) is 39.2 Å². The molecule has 1 heterocycles. The topological polar surface area (TPSA) is 29.5 Å². The summed E-state index contributed by atoms with van der Waals surface area (Å²) in [6.45, 7) is 8.54. The van der Waals surface area contributed by atoms with Crippen LogP contribution in [0.5, 0.6) is 0 Å². The molecule has 3 heteroatoms. The van der Waals surface area contributed by atoms with Crippen LogP contribution in [-0.2, 0) is 16.1 Å². The highest BCUT2D eigenvalue weighted by Gasteiger charge is 2.37. The van der Waals surface area contributed by atoms with Crippen molar-refractivity contribution >= 4 is 5.97 Å². The summed E-state index contributed by atoms with van der Waals surface area (Å²) in [4.78, 5) is 14.4. The monoisotopic (exact) mass is 275 g/mol. The molecule has 20 heavy (non-hydrogen) atoms. The number of likely N-dealkylation sites (tertiary alicyclic amines) is 1. The normalized spacial score (nSPS) is 22.4. The lowest BCUT2D eigenvalue weighted by Gasteiger charge is -2.45. The second-order valence-corrected chi connectivity index (χ2v) is 6.17. The van der Waals surface area contributed by atoms with Crippen molar-refractivity contribution in [1.29, 1.82) is 0 Å². The molecular formula is C17H25NO2. The molecule has 110 valence electrons. The summed E-state index contributed by atoms with van der Waals surface area (Å²) in [7, 11) is 0. The number of piperidine rings is 1. The third-order valence-electron chi connectivity index (χ3n) is 4.24. The largest absolute Gasteiger partial charge is 0.466 e. The van der Waals surface area contributed by atoms with Crippen molar-refractivity contribution in [2.75, 3.05) is 13.2 Å². The maximum absolute atomic E-state index is 12.0. The molecule has 1 atom stereocenters. The molecule has 0 spiro atoms. The van der Waals surface area contributed by atoms with Gasteiger partial charge in [0.25, 0.3) is 0 Å². The molecule has 2 rings (SSSR count). The lowest BCUT2D eigenvalue weighted by Crippen LogP contribution is -2.51. The van der Waals surface area contributed by atoms with Gasteiger partial charge in [-0.2, -0.15) is 0 Å². The van der Waals surface area contributed by atoms with Gasteiger partial charge in [-0.05, 0) is 39.2 Å². The van der Waals surface area contributed by atoms with Gasteiger partial charge in [-0.25, -0.2) is 0 Å². The maximum Gasteiger partial charge on any atom is 0.310 e. The van der Waals surface area contributed by atoms with E-state index in [1.807, 2.05) is 13.0 Å². The van der Waals surface area contributed by atoms with Crippen molar-refractivity contribution in [3.8, 4) is 0 Å². The van der Waals surface area contributed by atoms with Crippen LogP contribution in [0.25, 0.3) is 0 Å². The Kier molecular flexibility index (Phi) is 4.81. The van der Waals surface area contributed by atoms with E-state index < -0.39 is 0 Å². The number of carbonyl (C=O) groups excluding carboxylic acids is 1. The third kappa shape index (κ3) is 3.60. The Bertz CT molecular complexity index is 442. The maximum atomic E-state index is 12.0. The first-order valence-electron chi connectivity index (χ1n) is 7.48. The highest BCUT2D eigenvalue weighted by molar-refractivity contribution is 5.72. The molecule has 1 aromatic carbocycles. The van der Waals surface area contributed by atoms with Gasteiger partial charge in [-0.3, -0.25) is 9.69 Å². The molecular weight excluding hydrogens is 250 g/mol. The van der Waals surface area contributed by atoms with Gasteiger partial charge in [0.1, 0.15) is 0 Å². The highest BCUT2D eigenvalue weighted by Crippen LogP contribution is 2.32. The molecule has 1 saturated heterocycles. The van der Waals surface area contributed by atoms with Crippen molar-refractivity contribution < 1.29 is 9.53 Å². The number of hydrogen-bond donors (Lipinski definition) is 0. The predicted molar refractivity (Wildman–Crippen MR) is 80.3 cm³/mol. The SMILES string of the molecule is CCOC(=O)[C@H]1CCC(C)(C)N(Cc2ccccc2)C1. The second kappa shape index (κ2) is 6.40. The first-order chi connectivity index (χ1) is 9.53. The number of ether oxygens (including phenoxy) is 1. The highest BCUT2D eigenvalue weighted by atomic mass is 16.5. The van der Waals surface area contributed by atoms with Gasteiger partial charge in [-0.1, -0.05) is 30.3 Å². The summed E-state index contributed by atoms with van der Waals surface area (Å²) in [5.41, 5.74) is 1.43. The van der Waals surface area contributed by atoms with E-state index in [0.717, 1.165) is 25.9 Å². The van der Waals surface area contributed by atoms with Crippen molar-refractivity contribution in [3.63, 3.8) is 0 Å². The molecule has 0 bridgehead atoms. The molecule has 0 radical (unpaired) electrons. The summed E-state index contributed by atoms with van der Waals surface area (Å²) in [5.74, 6) is -0.0206. The summed E-state index contributed by atoms with van der Waals surface area (Å²) < 4.78 is 5.18. The summed E-state index contributed by atoms with van der Waals surface area (Å²) in [6.07, 6.45) is 1.96. The number of rotatable bonds is 4. The van der Waals surface area contributed by atoms with Crippen molar-refractivity contribution in [2.45, 2.75) is 45.7 Å². The summed E-state index contributed by atoms with van der Waals surface area (Å²) in [5, 5.41) is 0. The number of carbonyl (C=O) groups is 1. The lowest BCUT2D eigenvalue weighted by molar-refractivity contribution is -0.151. The van der Waals surface area contributed by atoms with E-state index in [1.165, 1.54) is 5.56 Å². The second-order valence-electron chi connectivity index (χ2n) is 6.17. The van der Waals surface area contributed by atoms with Gasteiger partial charge in [0.15, 0.2) is 0 Å². The van der Waals surface area contributed by atoms with Gasteiger partial charge in [-0.15, -0.1) is 0 Å². The molecule has 1 aromatic rings. The Morgan fingerprint density at radius 3 is 2.70 bits per heavy atom. The van der Waals surface area contributed by atoms with E-state index in [-0.39, 0.29) is 17.4 Å². The van der Waals surface area contributed by atoms with Gasteiger partial charge < -0.3 is 4.74 Å². The van der Waals surface area contributed by atoms with Gasteiger partial charge in [0, 0.05) is 18.6 Å². The molecule has 1 aliphatic heterocycles. The zero-order chi connectivity index (χ0) is 14.6. The number of benzene rings is 1.